The van der Waals surface area contributed by atoms with E-state index in [1.807, 2.05) is 6.92 Å². The molecule has 1 fully saturated rings. The molecule has 0 amide bonds. The highest BCUT2D eigenvalue weighted by atomic mass is 32.2. The summed E-state index contributed by atoms with van der Waals surface area (Å²) in [6, 6.07) is 4.40. The van der Waals surface area contributed by atoms with Crippen LogP contribution in [0.25, 0.3) is 0 Å². The Labute approximate surface area is 107 Å². The molecule has 100 valence electrons. The van der Waals surface area contributed by atoms with Crippen molar-refractivity contribution in [3.05, 3.63) is 29.6 Å². The molecule has 1 aromatic rings. The summed E-state index contributed by atoms with van der Waals surface area (Å²) in [5, 5.41) is 3.16. The minimum atomic E-state index is -3.74. The van der Waals surface area contributed by atoms with Crippen molar-refractivity contribution in [2.75, 3.05) is 19.6 Å². The van der Waals surface area contributed by atoms with E-state index in [4.69, 9.17) is 0 Å². The monoisotopic (exact) mass is 272 g/mol. The summed E-state index contributed by atoms with van der Waals surface area (Å²) < 4.78 is 40.0. The number of nitrogens with zero attached hydrogens (tertiary/aromatic N) is 1. The smallest absolute Gasteiger partial charge is 0.246 e. The molecule has 1 N–H and O–H groups in total. The van der Waals surface area contributed by atoms with Crippen molar-refractivity contribution in [3.63, 3.8) is 0 Å². The maximum atomic E-state index is 13.8. The van der Waals surface area contributed by atoms with Gasteiger partial charge in [-0.25, -0.2) is 12.8 Å². The number of sulfonamides is 1. The second-order valence-corrected chi connectivity index (χ2v) is 6.48. The molecule has 1 heterocycles. The topological polar surface area (TPSA) is 49.4 Å². The SMILES string of the molecule is Cc1cccc(F)c1S(=O)(=O)N1CCNC(C)C1. The predicted molar refractivity (Wildman–Crippen MR) is 67.4 cm³/mol. The van der Waals surface area contributed by atoms with Gasteiger partial charge in [0.25, 0.3) is 0 Å². The molecule has 18 heavy (non-hydrogen) atoms. The van der Waals surface area contributed by atoms with Crippen LogP contribution in [0.1, 0.15) is 12.5 Å². The summed E-state index contributed by atoms with van der Waals surface area (Å²) in [6.45, 7) is 4.86. The highest BCUT2D eigenvalue weighted by Gasteiger charge is 2.31. The largest absolute Gasteiger partial charge is 0.312 e. The van der Waals surface area contributed by atoms with E-state index in [9.17, 15) is 12.8 Å². The molecule has 1 atom stereocenters. The van der Waals surface area contributed by atoms with E-state index in [-0.39, 0.29) is 10.9 Å². The maximum absolute atomic E-state index is 13.8. The molecule has 2 rings (SSSR count). The fourth-order valence-corrected chi connectivity index (χ4v) is 3.99. The first-order valence-corrected chi connectivity index (χ1v) is 7.35. The summed E-state index contributed by atoms with van der Waals surface area (Å²) >= 11 is 0. The van der Waals surface area contributed by atoms with Gasteiger partial charge < -0.3 is 5.32 Å². The van der Waals surface area contributed by atoms with E-state index >= 15 is 0 Å². The van der Waals surface area contributed by atoms with Gasteiger partial charge in [0.1, 0.15) is 10.7 Å². The first-order chi connectivity index (χ1) is 8.43. The lowest BCUT2D eigenvalue weighted by molar-refractivity contribution is 0.309. The van der Waals surface area contributed by atoms with Crippen LogP contribution in [0, 0.1) is 12.7 Å². The normalized spacial score (nSPS) is 22.1. The van der Waals surface area contributed by atoms with Crippen molar-refractivity contribution in [2.24, 2.45) is 0 Å². The summed E-state index contributed by atoms with van der Waals surface area (Å²) in [5.41, 5.74) is 0.446. The highest BCUT2D eigenvalue weighted by molar-refractivity contribution is 7.89. The lowest BCUT2D eigenvalue weighted by Gasteiger charge is -2.31. The molecular formula is C12H17FN2O2S. The van der Waals surface area contributed by atoms with Crippen LogP contribution in [0.2, 0.25) is 0 Å². The van der Waals surface area contributed by atoms with Crippen molar-refractivity contribution in [3.8, 4) is 0 Å². The maximum Gasteiger partial charge on any atom is 0.246 e. The Morgan fingerprint density at radius 3 is 2.78 bits per heavy atom. The number of halogens is 1. The van der Waals surface area contributed by atoms with Crippen molar-refractivity contribution >= 4 is 10.0 Å². The van der Waals surface area contributed by atoms with Crippen LogP contribution < -0.4 is 5.32 Å². The Balaban J connectivity index is 2.42. The number of benzene rings is 1. The Kier molecular flexibility index (Phi) is 3.70. The van der Waals surface area contributed by atoms with E-state index in [0.29, 0.717) is 25.2 Å². The third-order valence-corrected chi connectivity index (χ3v) is 5.14. The van der Waals surface area contributed by atoms with E-state index in [1.165, 1.54) is 16.4 Å². The molecular weight excluding hydrogens is 255 g/mol. The van der Waals surface area contributed by atoms with Crippen LogP contribution in [-0.2, 0) is 10.0 Å². The number of hydrogen-bond acceptors (Lipinski definition) is 3. The zero-order valence-corrected chi connectivity index (χ0v) is 11.3. The van der Waals surface area contributed by atoms with Crippen LogP contribution in [0.15, 0.2) is 23.1 Å². The standard InChI is InChI=1S/C12H17FN2O2S/c1-9-4-3-5-11(13)12(9)18(16,17)15-7-6-14-10(2)8-15/h3-5,10,14H,6-8H2,1-2H3. The number of aryl methyl sites for hydroxylation is 1. The van der Waals surface area contributed by atoms with Crippen molar-refractivity contribution in [1.29, 1.82) is 0 Å². The van der Waals surface area contributed by atoms with Gasteiger partial charge in [0.05, 0.1) is 0 Å². The Morgan fingerprint density at radius 1 is 1.44 bits per heavy atom. The summed E-state index contributed by atoms with van der Waals surface area (Å²) in [6.07, 6.45) is 0. The Bertz CT molecular complexity index is 525. The lowest BCUT2D eigenvalue weighted by Crippen LogP contribution is -2.51. The van der Waals surface area contributed by atoms with Crippen molar-refractivity contribution in [1.82, 2.24) is 9.62 Å². The van der Waals surface area contributed by atoms with Crippen LogP contribution >= 0.6 is 0 Å². The van der Waals surface area contributed by atoms with Gasteiger partial charge in [-0.15, -0.1) is 0 Å². The zero-order valence-electron chi connectivity index (χ0n) is 10.5. The van der Waals surface area contributed by atoms with Gasteiger partial charge >= 0.3 is 0 Å². The van der Waals surface area contributed by atoms with Crippen molar-refractivity contribution in [2.45, 2.75) is 24.8 Å². The molecule has 0 saturated carbocycles. The van der Waals surface area contributed by atoms with Crippen LogP contribution in [0.3, 0.4) is 0 Å². The average molecular weight is 272 g/mol. The Morgan fingerprint density at radius 2 is 2.17 bits per heavy atom. The lowest BCUT2D eigenvalue weighted by atomic mass is 10.2. The predicted octanol–water partition coefficient (Wildman–Crippen LogP) is 1.12. The van der Waals surface area contributed by atoms with Gasteiger partial charge in [0, 0.05) is 25.7 Å². The molecule has 0 radical (unpaired) electrons. The molecule has 0 aliphatic carbocycles. The molecule has 0 bridgehead atoms. The number of nitrogens with one attached hydrogen (secondary N) is 1. The second kappa shape index (κ2) is 4.95. The fraction of sp³-hybridized carbons (Fsp3) is 0.500. The van der Waals surface area contributed by atoms with E-state index < -0.39 is 15.8 Å². The highest BCUT2D eigenvalue weighted by Crippen LogP contribution is 2.23. The minimum absolute atomic E-state index is 0.0839. The van der Waals surface area contributed by atoms with Gasteiger partial charge in [-0.05, 0) is 25.5 Å². The first-order valence-electron chi connectivity index (χ1n) is 5.91. The van der Waals surface area contributed by atoms with E-state index in [0.717, 1.165) is 0 Å². The molecule has 4 nitrogen and oxygen atoms in total. The molecule has 1 saturated heterocycles. The molecule has 1 unspecified atom stereocenters. The molecule has 1 aliphatic rings. The molecule has 1 aliphatic heterocycles. The van der Waals surface area contributed by atoms with Gasteiger partial charge in [-0.1, -0.05) is 12.1 Å². The number of rotatable bonds is 2. The quantitative estimate of drug-likeness (QED) is 0.877. The third kappa shape index (κ3) is 2.41. The molecule has 1 aromatic carbocycles. The minimum Gasteiger partial charge on any atom is -0.312 e. The van der Waals surface area contributed by atoms with Crippen molar-refractivity contribution < 1.29 is 12.8 Å². The average Bonchev–Trinajstić information content (AvgIpc) is 2.28. The summed E-state index contributed by atoms with van der Waals surface area (Å²) in [7, 11) is -3.74. The fourth-order valence-electron chi connectivity index (χ4n) is 2.19. The van der Waals surface area contributed by atoms with Gasteiger partial charge in [-0.2, -0.15) is 4.31 Å². The van der Waals surface area contributed by atoms with Gasteiger partial charge in [-0.3, -0.25) is 0 Å². The molecule has 6 heteroatoms. The van der Waals surface area contributed by atoms with E-state index in [2.05, 4.69) is 5.32 Å². The van der Waals surface area contributed by atoms with Crippen LogP contribution in [-0.4, -0.2) is 38.4 Å². The zero-order chi connectivity index (χ0) is 13.3. The third-order valence-electron chi connectivity index (χ3n) is 3.09. The number of hydrogen-bond donors (Lipinski definition) is 1. The molecule has 0 aromatic heterocycles. The molecule has 0 spiro atoms. The second-order valence-electron chi connectivity index (χ2n) is 4.60. The number of piperazine rings is 1. The van der Waals surface area contributed by atoms with Gasteiger partial charge in [0.15, 0.2) is 0 Å². The van der Waals surface area contributed by atoms with Crippen LogP contribution in [0.5, 0.6) is 0 Å². The van der Waals surface area contributed by atoms with Gasteiger partial charge in [0.2, 0.25) is 10.0 Å². The Hall–Kier alpha value is -0.980. The van der Waals surface area contributed by atoms with E-state index in [1.54, 1.807) is 13.0 Å². The summed E-state index contributed by atoms with van der Waals surface area (Å²) in [5.74, 6) is -0.679. The summed E-state index contributed by atoms with van der Waals surface area (Å²) in [4.78, 5) is -0.195. The first kappa shape index (κ1) is 13.5. The van der Waals surface area contributed by atoms with Crippen LogP contribution in [0.4, 0.5) is 4.39 Å².